The Bertz CT molecular complexity index is 1500. The normalized spacial score (nSPS) is 17.4. The highest BCUT2D eigenvalue weighted by molar-refractivity contribution is 7.22. The van der Waals surface area contributed by atoms with Gasteiger partial charge in [0.2, 0.25) is 0 Å². The molecular weight excluding hydrogens is 460 g/mol. The first-order chi connectivity index (χ1) is 16.8. The lowest BCUT2D eigenvalue weighted by molar-refractivity contribution is -0.132. The van der Waals surface area contributed by atoms with E-state index in [-0.39, 0.29) is 11.3 Å². The molecule has 0 aliphatic carbocycles. The first-order valence-corrected chi connectivity index (χ1v) is 12.0. The van der Waals surface area contributed by atoms with E-state index in [1.54, 1.807) is 24.3 Å². The van der Waals surface area contributed by atoms with Crippen LogP contribution in [-0.2, 0) is 9.59 Å². The molecule has 3 aromatic carbocycles. The van der Waals surface area contributed by atoms with Gasteiger partial charge in [-0.05, 0) is 61.7 Å². The molecule has 4 aromatic rings. The van der Waals surface area contributed by atoms with Gasteiger partial charge in [-0.3, -0.25) is 14.5 Å². The fraction of sp³-hybridized carbons (Fsp3) is 0.179. The summed E-state index contributed by atoms with van der Waals surface area (Å²) in [4.78, 5) is 32.9. The fourth-order valence-electron chi connectivity index (χ4n) is 4.38. The number of ether oxygens (including phenoxy) is 1. The third-order valence-electron chi connectivity index (χ3n) is 6.34. The number of anilines is 1. The van der Waals surface area contributed by atoms with Gasteiger partial charge in [-0.25, -0.2) is 4.98 Å². The average molecular weight is 485 g/mol. The highest BCUT2D eigenvalue weighted by Gasteiger charge is 2.48. The molecule has 176 valence electrons. The number of carbonyl (C=O) groups is 2. The number of Topliss-reactive ketones (excluding diaryl/α,β-unsaturated/α-hetero) is 1. The molecule has 1 aliphatic heterocycles. The molecule has 5 rings (SSSR count). The lowest BCUT2D eigenvalue weighted by atomic mass is 9.94. The maximum atomic E-state index is 13.4. The molecule has 1 saturated heterocycles. The van der Waals surface area contributed by atoms with E-state index in [0.29, 0.717) is 16.4 Å². The minimum atomic E-state index is -0.816. The molecule has 6 nitrogen and oxygen atoms in total. The maximum Gasteiger partial charge on any atom is 0.301 e. The number of rotatable bonds is 4. The van der Waals surface area contributed by atoms with E-state index >= 15 is 0 Å². The zero-order valence-corrected chi connectivity index (χ0v) is 20.6. The predicted octanol–water partition coefficient (Wildman–Crippen LogP) is 5.86. The van der Waals surface area contributed by atoms with E-state index in [2.05, 4.69) is 0 Å². The molecule has 35 heavy (non-hydrogen) atoms. The minimum Gasteiger partial charge on any atom is -0.507 e. The summed E-state index contributed by atoms with van der Waals surface area (Å²) in [7, 11) is 1.53. The lowest BCUT2D eigenvalue weighted by Gasteiger charge is -2.23. The smallest absolute Gasteiger partial charge is 0.301 e. The fourth-order valence-corrected chi connectivity index (χ4v) is 5.45. The number of amides is 1. The zero-order chi connectivity index (χ0) is 24.9. The molecule has 1 N–H and O–H groups in total. The van der Waals surface area contributed by atoms with E-state index in [0.717, 1.165) is 32.5 Å². The summed E-state index contributed by atoms with van der Waals surface area (Å²) in [6, 6.07) is 17.6. The first-order valence-electron chi connectivity index (χ1n) is 11.2. The van der Waals surface area contributed by atoms with Gasteiger partial charge in [0.25, 0.3) is 5.78 Å². The Kier molecular flexibility index (Phi) is 5.65. The number of benzene rings is 3. The van der Waals surface area contributed by atoms with E-state index < -0.39 is 17.7 Å². The van der Waals surface area contributed by atoms with Crippen molar-refractivity contribution in [3.8, 4) is 5.75 Å². The first kappa shape index (κ1) is 22.8. The minimum absolute atomic E-state index is 0.0282. The van der Waals surface area contributed by atoms with Crippen molar-refractivity contribution in [2.75, 3.05) is 12.0 Å². The van der Waals surface area contributed by atoms with Crippen molar-refractivity contribution in [3.63, 3.8) is 0 Å². The van der Waals surface area contributed by atoms with Crippen LogP contribution in [-0.4, -0.2) is 28.9 Å². The van der Waals surface area contributed by atoms with Crippen LogP contribution in [0.25, 0.3) is 16.0 Å². The summed E-state index contributed by atoms with van der Waals surface area (Å²) in [5.74, 6) is -1.17. The van der Waals surface area contributed by atoms with E-state index in [4.69, 9.17) is 9.72 Å². The molecule has 2 heterocycles. The van der Waals surface area contributed by atoms with Crippen molar-refractivity contribution < 1.29 is 19.4 Å². The number of aromatic nitrogens is 1. The van der Waals surface area contributed by atoms with Gasteiger partial charge in [0, 0.05) is 5.56 Å². The highest BCUT2D eigenvalue weighted by atomic mass is 32.1. The molecule has 1 fully saturated rings. The summed E-state index contributed by atoms with van der Waals surface area (Å²) >= 11 is 1.36. The number of hydrogen-bond acceptors (Lipinski definition) is 6. The largest absolute Gasteiger partial charge is 0.507 e. The predicted molar refractivity (Wildman–Crippen MR) is 138 cm³/mol. The van der Waals surface area contributed by atoms with Gasteiger partial charge in [0.1, 0.15) is 11.5 Å². The molecule has 1 amide bonds. The lowest BCUT2D eigenvalue weighted by Crippen LogP contribution is -2.29. The van der Waals surface area contributed by atoms with Crippen LogP contribution in [0, 0.1) is 20.8 Å². The molecule has 1 unspecified atom stereocenters. The van der Waals surface area contributed by atoms with Gasteiger partial charge in [-0.1, -0.05) is 53.3 Å². The Morgan fingerprint density at radius 3 is 2.49 bits per heavy atom. The Morgan fingerprint density at radius 2 is 1.74 bits per heavy atom. The number of aryl methyl sites for hydroxylation is 3. The zero-order valence-electron chi connectivity index (χ0n) is 19.8. The SMILES string of the molecule is COc1cccc(/C(O)=C2\C(=O)C(=O)N(c3nc4cc(C)c(C)cc4s3)C2c2cccc(C)c2)c1. The summed E-state index contributed by atoms with van der Waals surface area (Å²) in [6.45, 7) is 5.99. The molecule has 0 saturated carbocycles. The summed E-state index contributed by atoms with van der Waals surface area (Å²) < 4.78 is 6.21. The number of fused-ring (bicyclic) bond motifs is 1. The molecule has 7 heteroatoms. The van der Waals surface area contributed by atoms with Crippen molar-refractivity contribution in [2.24, 2.45) is 0 Å². The van der Waals surface area contributed by atoms with Crippen molar-refractivity contribution in [3.05, 3.63) is 94.1 Å². The standard InChI is InChI=1S/C28H24N2O4S/c1-15-7-5-8-18(11-15)24-23(25(31)19-9-6-10-20(14-19)34-4)26(32)27(33)30(24)28-29-21-12-16(2)17(3)13-22(21)35-28/h5-14,24,31H,1-4H3/b25-23+. The van der Waals surface area contributed by atoms with Gasteiger partial charge in [-0.15, -0.1) is 0 Å². The van der Waals surface area contributed by atoms with Crippen LogP contribution in [0.5, 0.6) is 5.75 Å². The molecule has 1 aromatic heterocycles. The summed E-state index contributed by atoms with van der Waals surface area (Å²) in [6.07, 6.45) is 0. The van der Waals surface area contributed by atoms with Crippen molar-refractivity contribution in [1.82, 2.24) is 4.98 Å². The number of ketones is 1. The Hall–Kier alpha value is -3.97. The van der Waals surface area contributed by atoms with Crippen LogP contribution in [0.1, 0.15) is 33.9 Å². The van der Waals surface area contributed by atoms with Crippen LogP contribution in [0.15, 0.2) is 66.2 Å². The van der Waals surface area contributed by atoms with Gasteiger partial charge < -0.3 is 9.84 Å². The average Bonchev–Trinajstić information content (AvgIpc) is 3.36. The van der Waals surface area contributed by atoms with Gasteiger partial charge >= 0.3 is 5.91 Å². The Labute approximate surface area is 207 Å². The Balaban J connectivity index is 1.74. The molecule has 0 bridgehead atoms. The second kappa shape index (κ2) is 8.67. The van der Waals surface area contributed by atoms with Gasteiger partial charge in [0.15, 0.2) is 5.13 Å². The van der Waals surface area contributed by atoms with Crippen LogP contribution in [0.3, 0.4) is 0 Å². The topological polar surface area (TPSA) is 79.7 Å². The van der Waals surface area contributed by atoms with E-state index in [1.165, 1.54) is 23.3 Å². The highest BCUT2D eigenvalue weighted by Crippen LogP contribution is 2.44. The van der Waals surface area contributed by atoms with Crippen LogP contribution in [0.4, 0.5) is 5.13 Å². The number of carbonyl (C=O) groups excluding carboxylic acids is 2. The molecule has 0 radical (unpaired) electrons. The van der Waals surface area contributed by atoms with Crippen molar-refractivity contribution in [1.29, 1.82) is 0 Å². The van der Waals surface area contributed by atoms with Gasteiger partial charge in [-0.2, -0.15) is 0 Å². The maximum absolute atomic E-state index is 13.4. The van der Waals surface area contributed by atoms with E-state index in [1.807, 2.05) is 57.2 Å². The van der Waals surface area contributed by atoms with Crippen molar-refractivity contribution in [2.45, 2.75) is 26.8 Å². The van der Waals surface area contributed by atoms with Gasteiger partial charge in [0.05, 0.1) is 28.9 Å². The van der Waals surface area contributed by atoms with Crippen LogP contribution >= 0.6 is 11.3 Å². The second-order valence-corrected chi connectivity index (χ2v) is 9.72. The third kappa shape index (κ3) is 3.88. The number of hydrogen-bond donors (Lipinski definition) is 1. The number of nitrogens with zero attached hydrogens (tertiary/aromatic N) is 2. The third-order valence-corrected chi connectivity index (χ3v) is 7.36. The monoisotopic (exact) mass is 484 g/mol. The number of aliphatic hydroxyl groups excluding tert-OH is 1. The number of thiazole rings is 1. The quantitative estimate of drug-likeness (QED) is 0.223. The van der Waals surface area contributed by atoms with E-state index in [9.17, 15) is 14.7 Å². The number of aliphatic hydroxyl groups is 1. The van der Waals surface area contributed by atoms with Crippen LogP contribution < -0.4 is 9.64 Å². The second-order valence-electron chi connectivity index (χ2n) is 8.72. The Morgan fingerprint density at radius 1 is 1.00 bits per heavy atom. The van der Waals surface area contributed by atoms with Crippen molar-refractivity contribution >= 4 is 44.1 Å². The molecule has 1 aliphatic rings. The molecule has 1 atom stereocenters. The summed E-state index contributed by atoms with van der Waals surface area (Å²) in [5.41, 5.74) is 5.12. The molecular formula is C28H24N2O4S. The molecule has 0 spiro atoms. The number of methoxy groups -OCH3 is 1. The summed E-state index contributed by atoms with van der Waals surface area (Å²) in [5, 5.41) is 11.7. The van der Waals surface area contributed by atoms with Crippen LogP contribution in [0.2, 0.25) is 0 Å².